The molecule has 1 rings (SSSR count). The van der Waals surface area contributed by atoms with Crippen molar-refractivity contribution < 1.29 is 17.6 Å². The van der Waals surface area contributed by atoms with Crippen molar-refractivity contribution >= 4 is 41.6 Å². The summed E-state index contributed by atoms with van der Waals surface area (Å²) in [6, 6.07) is 2.25. The molecule has 1 aromatic carbocycles. The first-order chi connectivity index (χ1) is 9.77. The van der Waals surface area contributed by atoms with E-state index in [1.807, 2.05) is 0 Å². The van der Waals surface area contributed by atoms with Gasteiger partial charge in [0.15, 0.2) is 5.82 Å². The molecule has 1 N–H and O–H groups in total. The van der Waals surface area contributed by atoms with E-state index in [1.54, 1.807) is 0 Å². The molecule has 0 aliphatic rings. The first-order valence-electron chi connectivity index (χ1n) is 6.49. The highest BCUT2D eigenvalue weighted by Crippen LogP contribution is 2.26. The molecule has 0 aliphatic heterocycles. The maximum Gasteiger partial charge on any atom is 0.264 e. The highest BCUT2D eigenvalue weighted by Gasteiger charge is 2.23. The maximum absolute atomic E-state index is 14.1. The number of benzene rings is 1. The topological polar surface area (TPSA) is 63.2 Å². The van der Waals surface area contributed by atoms with Crippen LogP contribution in [0.4, 0.5) is 4.39 Å². The molecule has 0 heterocycles. The van der Waals surface area contributed by atoms with Crippen molar-refractivity contribution in [2.24, 2.45) is 0 Å². The van der Waals surface area contributed by atoms with Crippen molar-refractivity contribution in [2.45, 2.75) is 37.5 Å². The van der Waals surface area contributed by atoms with Crippen molar-refractivity contribution in [3.8, 4) is 0 Å². The summed E-state index contributed by atoms with van der Waals surface area (Å²) in [7, 11) is 0.896. The Morgan fingerprint density at radius 2 is 2.00 bits per heavy atom. The fourth-order valence-electron chi connectivity index (χ4n) is 1.76. The third-order valence-corrected chi connectivity index (χ3v) is 4.61. The Kier molecular flexibility index (Phi) is 7.09. The predicted molar refractivity (Wildman–Crippen MR) is 83.6 cm³/mol. The Bertz CT molecular complexity index is 622. The molecule has 1 aromatic rings. The average Bonchev–Trinajstić information content (AvgIpc) is 2.39. The minimum atomic E-state index is -4.26. The van der Waals surface area contributed by atoms with Gasteiger partial charge in [0.1, 0.15) is 4.90 Å². The van der Waals surface area contributed by atoms with Gasteiger partial charge in [0.05, 0.1) is 5.56 Å². The zero-order chi connectivity index (χ0) is 16.0. The molecule has 0 saturated carbocycles. The fraction of sp³-hybridized carbons (Fsp3) is 0.462. The molecule has 21 heavy (non-hydrogen) atoms. The van der Waals surface area contributed by atoms with Gasteiger partial charge in [-0.05, 0) is 18.6 Å². The number of halogens is 3. The van der Waals surface area contributed by atoms with E-state index < -0.39 is 25.7 Å². The number of unbranched alkanes of at least 4 members (excludes halogenated alkanes) is 3. The molecule has 0 aliphatic carbocycles. The molecule has 0 aromatic heterocycles. The van der Waals surface area contributed by atoms with Crippen LogP contribution < -0.4 is 5.32 Å². The zero-order valence-electron chi connectivity index (χ0n) is 11.5. The van der Waals surface area contributed by atoms with Crippen molar-refractivity contribution in [1.82, 2.24) is 5.32 Å². The number of nitrogens with one attached hydrogen (secondary N) is 1. The van der Waals surface area contributed by atoms with E-state index in [9.17, 15) is 17.6 Å². The first kappa shape index (κ1) is 18.4. The summed E-state index contributed by atoms with van der Waals surface area (Å²) < 4.78 is 36.9. The Morgan fingerprint density at radius 3 is 2.57 bits per heavy atom. The predicted octanol–water partition coefficient (Wildman–Crippen LogP) is 3.83. The van der Waals surface area contributed by atoms with E-state index in [0.717, 1.165) is 31.7 Å². The molecular weight excluding hydrogens is 385 g/mol. The summed E-state index contributed by atoms with van der Waals surface area (Å²) in [6.45, 7) is 2.48. The summed E-state index contributed by atoms with van der Waals surface area (Å²) in [5, 5.41) is 2.57. The van der Waals surface area contributed by atoms with E-state index in [4.69, 9.17) is 10.7 Å². The van der Waals surface area contributed by atoms with E-state index in [-0.39, 0.29) is 10.0 Å². The van der Waals surface area contributed by atoms with Gasteiger partial charge in [-0.25, -0.2) is 12.8 Å². The smallest absolute Gasteiger partial charge is 0.264 e. The van der Waals surface area contributed by atoms with Crippen LogP contribution in [0.25, 0.3) is 0 Å². The number of hydrogen-bond acceptors (Lipinski definition) is 3. The molecule has 8 heteroatoms. The Balaban J connectivity index is 2.88. The summed E-state index contributed by atoms with van der Waals surface area (Å²) in [5.41, 5.74) is -0.348. The second kappa shape index (κ2) is 8.10. The van der Waals surface area contributed by atoms with Crippen LogP contribution in [0.3, 0.4) is 0 Å². The Labute approximate surface area is 136 Å². The van der Waals surface area contributed by atoms with Gasteiger partial charge in [0, 0.05) is 21.7 Å². The lowest BCUT2D eigenvalue weighted by Gasteiger charge is -2.09. The number of rotatable bonds is 7. The van der Waals surface area contributed by atoms with Crippen LogP contribution in [-0.4, -0.2) is 20.9 Å². The van der Waals surface area contributed by atoms with Crippen molar-refractivity contribution in [3.63, 3.8) is 0 Å². The van der Waals surface area contributed by atoms with Crippen LogP contribution in [0.5, 0.6) is 0 Å². The van der Waals surface area contributed by atoms with Crippen molar-refractivity contribution in [2.75, 3.05) is 6.54 Å². The summed E-state index contributed by atoms with van der Waals surface area (Å²) in [5.74, 6) is -1.80. The van der Waals surface area contributed by atoms with Crippen LogP contribution >= 0.6 is 26.6 Å². The third kappa shape index (κ3) is 5.56. The molecule has 0 fully saturated rings. The first-order valence-corrected chi connectivity index (χ1v) is 9.59. The van der Waals surface area contributed by atoms with E-state index in [1.165, 1.54) is 6.07 Å². The second-order valence-electron chi connectivity index (χ2n) is 4.52. The van der Waals surface area contributed by atoms with Gasteiger partial charge >= 0.3 is 0 Å². The molecule has 118 valence electrons. The largest absolute Gasteiger partial charge is 0.352 e. The van der Waals surface area contributed by atoms with Crippen LogP contribution in [0.2, 0.25) is 0 Å². The van der Waals surface area contributed by atoms with E-state index >= 15 is 0 Å². The van der Waals surface area contributed by atoms with E-state index in [2.05, 4.69) is 28.2 Å². The molecule has 0 saturated heterocycles. The third-order valence-electron chi connectivity index (χ3n) is 2.83. The van der Waals surface area contributed by atoms with Gasteiger partial charge in [0.2, 0.25) is 0 Å². The normalized spacial score (nSPS) is 11.4. The lowest BCUT2D eigenvalue weighted by atomic mass is 10.2. The van der Waals surface area contributed by atoms with Crippen LogP contribution in [0.1, 0.15) is 43.0 Å². The Morgan fingerprint density at radius 1 is 1.33 bits per heavy atom. The number of carbonyl (C=O) groups is 1. The molecule has 0 atom stereocenters. The molecule has 0 spiro atoms. The van der Waals surface area contributed by atoms with Gasteiger partial charge in [0.25, 0.3) is 15.0 Å². The standard InChI is InChI=1S/C13H16BrClFNO3S/c1-2-3-4-5-6-17-13(18)10-7-9(14)8-11(12(10)16)21(15,19)20/h7-8H,2-6H2,1H3,(H,17,18). The van der Waals surface area contributed by atoms with Crippen LogP contribution in [0.15, 0.2) is 21.5 Å². The van der Waals surface area contributed by atoms with Gasteiger partial charge < -0.3 is 5.32 Å². The van der Waals surface area contributed by atoms with Crippen LogP contribution in [-0.2, 0) is 9.05 Å². The number of amides is 1. The summed E-state index contributed by atoms with van der Waals surface area (Å²) in [6.07, 6.45) is 3.90. The zero-order valence-corrected chi connectivity index (χ0v) is 14.6. The molecule has 0 unspecified atom stereocenters. The van der Waals surface area contributed by atoms with Gasteiger partial charge in [-0.3, -0.25) is 4.79 Å². The highest BCUT2D eigenvalue weighted by molar-refractivity contribution is 9.10. The minimum Gasteiger partial charge on any atom is -0.352 e. The van der Waals surface area contributed by atoms with Gasteiger partial charge in [-0.2, -0.15) is 0 Å². The van der Waals surface area contributed by atoms with Crippen molar-refractivity contribution in [3.05, 3.63) is 28.0 Å². The summed E-state index contributed by atoms with van der Waals surface area (Å²) in [4.78, 5) is 11.2. The van der Waals surface area contributed by atoms with Crippen molar-refractivity contribution in [1.29, 1.82) is 0 Å². The monoisotopic (exact) mass is 399 g/mol. The molecule has 4 nitrogen and oxygen atoms in total. The minimum absolute atomic E-state index is 0.263. The molecule has 1 amide bonds. The number of carbonyl (C=O) groups excluding carboxylic acids is 1. The lowest BCUT2D eigenvalue weighted by Crippen LogP contribution is -2.26. The molecule has 0 bridgehead atoms. The lowest BCUT2D eigenvalue weighted by molar-refractivity contribution is 0.0948. The maximum atomic E-state index is 14.1. The summed E-state index contributed by atoms with van der Waals surface area (Å²) >= 11 is 3.04. The highest BCUT2D eigenvalue weighted by atomic mass is 79.9. The SMILES string of the molecule is CCCCCCNC(=O)c1cc(Br)cc(S(=O)(=O)Cl)c1F. The van der Waals surface area contributed by atoms with Gasteiger partial charge in [-0.1, -0.05) is 42.1 Å². The Hall–Kier alpha value is -0.660. The fourth-order valence-corrected chi connectivity index (χ4v) is 3.29. The van der Waals surface area contributed by atoms with E-state index in [0.29, 0.717) is 6.54 Å². The van der Waals surface area contributed by atoms with Gasteiger partial charge in [-0.15, -0.1) is 0 Å². The number of hydrogen-bond donors (Lipinski definition) is 1. The molecule has 0 radical (unpaired) electrons. The van der Waals surface area contributed by atoms with Crippen LogP contribution in [0, 0.1) is 5.82 Å². The average molecular weight is 401 g/mol. The quantitative estimate of drug-likeness (QED) is 0.559. The second-order valence-corrected chi connectivity index (χ2v) is 7.97. The molecular formula is C13H16BrClFNO3S.